The quantitative estimate of drug-likeness (QED) is 0.147. The van der Waals surface area contributed by atoms with E-state index < -0.39 is 0 Å². The number of fused-ring (bicyclic) bond motifs is 20. The topological polar surface area (TPSA) is 11.4 Å². The number of benzene rings is 15. The van der Waals surface area contributed by atoms with Crippen LogP contribution in [-0.2, 0) is 10.8 Å². The molecule has 0 aliphatic heterocycles. The molecule has 450 valence electrons. The van der Waals surface area contributed by atoms with Crippen molar-refractivity contribution in [2.75, 3.05) is 9.80 Å². The van der Waals surface area contributed by atoms with Crippen molar-refractivity contribution in [3.8, 4) is 50.2 Å². The van der Waals surface area contributed by atoms with Crippen molar-refractivity contribution in [1.29, 1.82) is 0 Å². The molecule has 0 amide bonds. The van der Waals surface area contributed by atoms with Gasteiger partial charge < -0.3 is 14.4 Å². The van der Waals surface area contributed by atoms with Crippen molar-refractivity contribution in [1.82, 2.24) is 4.57 Å². The highest BCUT2D eigenvalue weighted by Gasteiger charge is 2.33. The molecule has 15 aromatic carbocycles. The second kappa shape index (κ2) is 19.9. The van der Waals surface area contributed by atoms with Gasteiger partial charge in [0.15, 0.2) is 0 Å². The van der Waals surface area contributed by atoms with Gasteiger partial charge in [-0.05, 0) is 194 Å². The molecule has 0 bridgehead atoms. The molecule has 0 atom stereocenters. The van der Waals surface area contributed by atoms with Crippen molar-refractivity contribution in [3.05, 3.63) is 284 Å². The Labute approximate surface area is 559 Å². The Balaban J connectivity index is 0.958. The van der Waals surface area contributed by atoms with Crippen molar-refractivity contribution < 1.29 is 0 Å². The van der Waals surface area contributed by atoms with Crippen LogP contribution >= 0.6 is 22.7 Å². The number of aromatic nitrogens is 1. The monoisotopic (exact) mass is 1250 g/mol. The molecule has 2 aliphatic rings. The van der Waals surface area contributed by atoms with E-state index in [-0.39, 0.29) is 10.8 Å². The second-order valence-electron chi connectivity index (χ2n) is 28.4. The fourth-order valence-corrected chi connectivity index (χ4v) is 18.9. The van der Waals surface area contributed by atoms with Gasteiger partial charge in [-0.25, -0.2) is 0 Å². The lowest BCUT2D eigenvalue weighted by Crippen LogP contribution is -2.13. The number of anilines is 6. The third kappa shape index (κ3) is 7.97. The first kappa shape index (κ1) is 54.7. The van der Waals surface area contributed by atoms with Gasteiger partial charge in [-0.15, -0.1) is 22.7 Å². The molecule has 0 radical (unpaired) electrons. The van der Waals surface area contributed by atoms with E-state index in [0.29, 0.717) is 0 Å². The smallest absolute Gasteiger partial charge is 0.0577 e. The van der Waals surface area contributed by atoms with Crippen molar-refractivity contribution in [3.63, 3.8) is 0 Å². The van der Waals surface area contributed by atoms with Crippen LogP contribution in [0.1, 0.15) is 52.7 Å². The first-order chi connectivity index (χ1) is 46.4. The van der Waals surface area contributed by atoms with E-state index in [1.807, 2.05) is 22.7 Å². The van der Waals surface area contributed by atoms with Crippen molar-refractivity contribution in [2.45, 2.75) is 52.4 Å². The molecule has 0 fully saturated rings. The lowest BCUT2D eigenvalue weighted by Gasteiger charge is -2.29. The van der Waals surface area contributed by atoms with Crippen molar-refractivity contribution in [2.24, 2.45) is 0 Å². The van der Waals surface area contributed by atoms with Gasteiger partial charge in [0.1, 0.15) is 0 Å². The predicted molar refractivity (Wildman–Crippen MR) is 412 cm³/mol. The number of hydrogen-bond donors (Lipinski definition) is 0. The molecule has 3 heterocycles. The van der Waals surface area contributed by atoms with Crippen LogP contribution in [0.5, 0.6) is 0 Å². The molecule has 5 heteroatoms. The first-order valence-electron chi connectivity index (χ1n) is 33.2. The van der Waals surface area contributed by atoms with Crippen LogP contribution < -0.4 is 9.80 Å². The summed E-state index contributed by atoms with van der Waals surface area (Å²) >= 11 is 3.87. The van der Waals surface area contributed by atoms with Gasteiger partial charge in [-0.2, -0.15) is 0 Å². The molecule has 0 saturated carbocycles. The molecule has 18 aromatic rings. The van der Waals surface area contributed by atoms with Gasteiger partial charge in [-0.1, -0.05) is 230 Å². The molecule has 3 nitrogen and oxygen atoms in total. The summed E-state index contributed by atoms with van der Waals surface area (Å²) < 4.78 is 7.72. The van der Waals surface area contributed by atoms with E-state index in [0.717, 1.165) is 50.8 Å². The van der Waals surface area contributed by atoms with E-state index in [4.69, 9.17) is 0 Å². The second-order valence-corrected chi connectivity index (χ2v) is 30.5. The van der Waals surface area contributed by atoms with Gasteiger partial charge >= 0.3 is 0 Å². The maximum absolute atomic E-state index is 2.65. The standard InChI is InChI=1S/C90H63N3S2/c1-89(2,3)56-35-39-58(40-36-56)91(61-46-54-20-17-29-69-65-23-9-11-25-67(65)73(48-61)81(54)69)75-50-77-85(87-83(75)71-27-13-15-31-79(71)94-87)86-78(93(77)60-43-44-64-53(45-60)34-33-52-19-7-8-22-63(52)64)51-76(84-72-28-14-16-32-80(72)95-88(84)86)92(59-41-37-57(38-42-59)90(4,5)6)62-47-55-21-18-30-70-66-24-10-12-26-68(66)74(49-62)82(55)70/h7-51H,1-6H3. The summed E-state index contributed by atoms with van der Waals surface area (Å²) in [4.78, 5) is 5.20. The zero-order valence-corrected chi connectivity index (χ0v) is 55.3. The number of rotatable bonds is 7. The first-order valence-corrected chi connectivity index (χ1v) is 34.8. The number of nitrogens with zero attached hydrogens (tertiary/aromatic N) is 3. The Hall–Kier alpha value is -10.8. The Kier molecular flexibility index (Phi) is 11.4. The van der Waals surface area contributed by atoms with E-state index in [1.54, 1.807) is 0 Å². The molecule has 0 saturated heterocycles. The van der Waals surface area contributed by atoms with Crippen LogP contribution in [0.4, 0.5) is 34.1 Å². The highest BCUT2D eigenvalue weighted by Crippen LogP contribution is 2.58. The van der Waals surface area contributed by atoms with Crippen LogP contribution in [0.15, 0.2) is 273 Å². The Bertz CT molecular complexity index is 6030. The number of thiophene rings is 2. The molecule has 20 rings (SSSR count). The summed E-state index contributed by atoms with van der Waals surface area (Å²) in [6.45, 7) is 13.9. The van der Waals surface area contributed by atoms with Crippen LogP contribution in [0.2, 0.25) is 0 Å². The third-order valence-corrected chi connectivity index (χ3v) is 23.2. The zero-order valence-electron chi connectivity index (χ0n) is 53.6. The SMILES string of the molecule is CC(C)(C)c1ccc(N(c2cc3c4c(cccc4c2)-c2ccccc2-3)c2cc3c(c4sc5ccccc5c24)c2c4sc5ccccc5c4c(N(c4ccc(C(C)(C)C)cc4)c4cc5c6c(cccc6c4)-c4ccccc4-5)cc2n3-c2ccc3c(ccc4ccccc43)c2)cc1. The summed E-state index contributed by atoms with van der Waals surface area (Å²) in [6, 6.07) is 105. The molecule has 0 spiro atoms. The molecule has 0 unspecified atom stereocenters. The summed E-state index contributed by atoms with van der Waals surface area (Å²) in [5.74, 6) is 0. The maximum Gasteiger partial charge on any atom is 0.0577 e. The average molecular weight is 1250 g/mol. The summed E-state index contributed by atoms with van der Waals surface area (Å²) in [6.07, 6.45) is 0. The molecule has 0 N–H and O–H groups in total. The molecular formula is C90H63N3S2. The van der Waals surface area contributed by atoms with Crippen molar-refractivity contribution >= 4 is 162 Å². The van der Waals surface area contributed by atoms with Gasteiger partial charge in [0.05, 0.1) is 22.4 Å². The zero-order chi connectivity index (χ0) is 63.3. The largest absolute Gasteiger partial charge is 0.310 e. The minimum absolute atomic E-state index is 0.0380. The molecule has 3 aromatic heterocycles. The van der Waals surface area contributed by atoms with Gasteiger partial charge in [-0.3, -0.25) is 0 Å². The van der Waals surface area contributed by atoms with Crippen LogP contribution in [-0.4, -0.2) is 4.57 Å². The molecule has 95 heavy (non-hydrogen) atoms. The maximum atomic E-state index is 2.65. The fraction of sp³-hybridized carbons (Fsp3) is 0.0889. The van der Waals surface area contributed by atoms with Crippen LogP contribution in [0.25, 0.3) is 155 Å². The fourth-order valence-electron chi connectivity index (χ4n) is 16.4. The van der Waals surface area contributed by atoms with Gasteiger partial charge in [0.2, 0.25) is 0 Å². The van der Waals surface area contributed by atoms with E-state index >= 15 is 0 Å². The van der Waals surface area contributed by atoms with Gasteiger partial charge in [0.25, 0.3) is 0 Å². The minimum atomic E-state index is -0.0380. The van der Waals surface area contributed by atoms with Gasteiger partial charge in [0, 0.05) is 79.6 Å². The highest BCUT2D eigenvalue weighted by molar-refractivity contribution is 7.28. The summed E-state index contributed by atoms with van der Waals surface area (Å²) in [5.41, 5.74) is 23.0. The number of hydrogen-bond acceptors (Lipinski definition) is 4. The lowest BCUT2D eigenvalue weighted by atomic mass is 9.87. The summed E-state index contributed by atoms with van der Waals surface area (Å²) in [7, 11) is 0. The Morgan fingerprint density at radius 3 is 1.16 bits per heavy atom. The summed E-state index contributed by atoms with van der Waals surface area (Å²) in [5, 5.41) is 17.6. The molecule has 2 aliphatic carbocycles. The average Bonchev–Trinajstić information content (AvgIpc) is 1.56. The minimum Gasteiger partial charge on any atom is -0.310 e. The Morgan fingerprint density at radius 2 is 0.674 bits per heavy atom. The highest BCUT2D eigenvalue weighted by atomic mass is 32.1. The van der Waals surface area contributed by atoms with E-state index in [9.17, 15) is 0 Å². The predicted octanol–water partition coefficient (Wildman–Crippen LogP) is 27.0. The molecular weight excluding hydrogens is 1190 g/mol. The van der Waals surface area contributed by atoms with E-state index in [1.165, 1.54) is 150 Å². The lowest BCUT2D eigenvalue weighted by molar-refractivity contribution is 0.590. The third-order valence-electron chi connectivity index (χ3n) is 20.9. The van der Waals surface area contributed by atoms with E-state index in [2.05, 4.69) is 329 Å². The van der Waals surface area contributed by atoms with Crippen LogP contribution in [0.3, 0.4) is 0 Å². The van der Waals surface area contributed by atoms with Crippen LogP contribution in [0, 0.1) is 0 Å². The normalized spacial score (nSPS) is 12.7. The Morgan fingerprint density at radius 1 is 0.274 bits per heavy atom.